The first-order chi connectivity index (χ1) is 9.57. The monoisotopic (exact) mass is 414 g/mol. The zero-order valence-electron chi connectivity index (χ0n) is 13.5. The van der Waals surface area contributed by atoms with Gasteiger partial charge < -0.3 is 20.5 Å². The number of morpholine rings is 1. The van der Waals surface area contributed by atoms with E-state index in [1.54, 1.807) is 0 Å². The fourth-order valence-electron chi connectivity index (χ4n) is 2.13. The van der Waals surface area contributed by atoms with E-state index in [-0.39, 0.29) is 24.0 Å². The Hall–Kier alpha value is -0.120. The van der Waals surface area contributed by atoms with Crippen LogP contribution in [0.2, 0.25) is 0 Å². The van der Waals surface area contributed by atoms with Crippen LogP contribution in [0.4, 0.5) is 0 Å². The molecular weight excluding hydrogens is 383 g/mol. The van der Waals surface area contributed by atoms with Crippen molar-refractivity contribution in [2.24, 2.45) is 4.99 Å². The number of nitrogens with zero attached hydrogens (tertiary/aromatic N) is 2. The van der Waals surface area contributed by atoms with Gasteiger partial charge in [-0.25, -0.2) is 0 Å². The van der Waals surface area contributed by atoms with Crippen molar-refractivity contribution in [2.75, 3.05) is 52.5 Å². The summed E-state index contributed by atoms with van der Waals surface area (Å²) in [6.45, 7) is 12.0. The fourth-order valence-corrected chi connectivity index (χ4v) is 2.13. The molecule has 1 heterocycles. The molecule has 3 N–H and O–H groups in total. The molecular formula is C14H31IN4O2. The van der Waals surface area contributed by atoms with E-state index in [4.69, 9.17) is 4.74 Å². The number of guanidine groups is 1. The number of β-amino-alcohol motifs (C(OH)–C–C–N with tert-alkyl or cyclic N) is 1. The van der Waals surface area contributed by atoms with E-state index in [1.165, 1.54) is 0 Å². The van der Waals surface area contributed by atoms with Crippen molar-refractivity contribution in [1.29, 1.82) is 0 Å². The van der Waals surface area contributed by atoms with Gasteiger partial charge in [0.15, 0.2) is 5.96 Å². The lowest BCUT2D eigenvalue weighted by Crippen LogP contribution is -2.48. The van der Waals surface area contributed by atoms with Gasteiger partial charge in [0, 0.05) is 32.7 Å². The lowest BCUT2D eigenvalue weighted by atomic mass is 10.1. The SMILES string of the molecule is CCCNC(=NCC(C)(O)CN1CCOCC1)NCC.I. The highest BCUT2D eigenvalue weighted by Crippen LogP contribution is 2.09. The molecule has 0 saturated carbocycles. The quantitative estimate of drug-likeness (QED) is 0.324. The molecule has 126 valence electrons. The summed E-state index contributed by atoms with van der Waals surface area (Å²) >= 11 is 0. The summed E-state index contributed by atoms with van der Waals surface area (Å²) in [5, 5.41) is 16.9. The maximum absolute atomic E-state index is 10.5. The molecule has 0 amide bonds. The molecule has 1 saturated heterocycles. The number of hydrogen-bond acceptors (Lipinski definition) is 4. The van der Waals surface area contributed by atoms with Gasteiger partial charge in [-0.1, -0.05) is 6.92 Å². The summed E-state index contributed by atoms with van der Waals surface area (Å²) in [5.41, 5.74) is -0.814. The molecule has 1 unspecified atom stereocenters. The molecule has 6 nitrogen and oxygen atoms in total. The van der Waals surface area contributed by atoms with E-state index >= 15 is 0 Å². The summed E-state index contributed by atoms with van der Waals surface area (Å²) in [7, 11) is 0. The Balaban J connectivity index is 0.00000400. The fraction of sp³-hybridized carbons (Fsp3) is 0.929. The first kappa shape index (κ1) is 20.9. The van der Waals surface area contributed by atoms with Gasteiger partial charge in [0.05, 0.1) is 25.4 Å². The molecule has 0 spiro atoms. The summed E-state index contributed by atoms with van der Waals surface area (Å²) < 4.78 is 5.32. The lowest BCUT2D eigenvalue weighted by Gasteiger charge is -2.33. The van der Waals surface area contributed by atoms with Crippen LogP contribution in [0.25, 0.3) is 0 Å². The van der Waals surface area contributed by atoms with E-state index in [0.717, 1.165) is 51.8 Å². The zero-order chi connectivity index (χ0) is 14.8. The number of aliphatic hydroxyl groups is 1. The first-order valence-electron chi connectivity index (χ1n) is 7.62. The molecule has 0 aliphatic carbocycles. The van der Waals surface area contributed by atoms with E-state index in [2.05, 4.69) is 27.4 Å². The maximum atomic E-state index is 10.5. The lowest BCUT2D eigenvalue weighted by molar-refractivity contribution is -0.0179. The second kappa shape index (κ2) is 11.4. The van der Waals surface area contributed by atoms with Crippen LogP contribution in [-0.2, 0) is 4.74 Å². The average molecular weight is 414 g/mol. The molecule has 0 aromatic rings. The summed E-state index contributed by atoms with van der Waals surface area (Å²) in [5.74, 6) is 0.775. The van der Waals surface area contributed by atoms with Crippen LogP contribution >= 0.6 is 24.0 Å². The first-order valence-corrected chi connectivity index (χ1v) is 7.62. The number of hydrogen-bond donors (Lipinski definition) is 3. The van der Waals surface area contributed by atoms with E-state index in [1.807, 2.05) is 13.8 Å². The summed E-state index contributed by atoms with van der Waals surface area (Å²) in [6.07, 6.45) is 1.05. The Labute approximate surface area is 145 Å². The number of aliphatic imine (C=N–C) groups is 1. The van der Waals surface area contributed by atoms with Crippen molar-refractivity contribution in [1.82, 2.24) is 15.5 Å². The van der Waals surface area contributed by atoms with Crippen LogP contribution in [0, 0.1) is 0 Å². The van der Waals surface area contributed by atoms with Crippen molar-refractivity contribution in [3.63, 3.8) is 0 Å². The third-order valence-electron chi connectivity index (χ3n) is 3.13. The molecule has 1 rings (SSSR count). The van der Waals surface area contributed by atoms with E-state index < -0.39 is 5.60 Å². The Kier molecular flexibility index (Phi) is 11.4. The van der Waals surface area contributed by atoms with Crippen LogP contribution in [-0.4, -0.2) is 74.0 Å². The highest BCUT2D eigenvalue weighted by Gasteiger charge is 2.25. The van der Waals surface area contributed by atoms with Gasteiger partial charge in [-0.2, -0.15) is 0 Å². The van der Waals surface area contributed by atoms with Crippen LogP contribution in [0.15, 0.2) is 4.99 Å². The van der Waals surface area contributed by atoms with Gasteiger partial charge in [0.2, 0.25) is 0 Å². The van der Waals surface area contributed by atoms with Crippen molar-refractivity contribution >= 4 is 29.9 Å². The number of nitrogens with one attached hydrogen (secondary N) is 2. The van der Waals surface area contributed by atoms with E-state index in [9.17, 15) is 5.11 Å². The Morgan fingerprint density at radius 2 is 1.95 bits per heavy atom. The van der Waals surface area contributed by atoms with Gasteiger partial charge >= 0.3 is 0 Å². The molecule has 1 aliphatic heterocycles. The zero-order valence-corrected chi connectivity index (χ0v) is 15.9. The molecule has 1 atom stereocenters. The highest BCUT2D eigenvalue weighted by atomic mass is 127. The molecule has 0 aromatic heterocycles. The van der Waals surface area contributed by atoms with Gasteiger partial charge in [0.25, 0.3) is 0 Å². The molecule has 1 fully saturated rings. The second-order valence-corrected chi connectivity index (χ2v) is 5.51. The standard InChI is InChI=1S/C14H30N4O2.HI/c1-4-6-16-13(15-5-2)17-11-14(3,19)12-18-7-9-20-10-8-18;/h19H,4-12H2,1-3H3,(H2,15,16,17);1H. The molecule has 1 aliphatic rings. The molecule has 21 heavy (non-hydrogen) atoms. The van der Waals surface area contributed by atoms with Gasteiger partial charge in [-0.15, -0.1) is 24.0 Å². The second-order valence-electron chi connectivity index (χ2n) is 5.51. The van der Waals surface area contributed by atoms with Crippen molar-refractivity contribution in [2.45, 2.75) is 32.8 Å². The minimum absolute atomic E-state index is 0. The molecule has 0 aromatic carbocycles. The topological polar surface area (TPSA) is 69.1 Å². The summed E-state index contributed by atoms with van der Waals surface area (Å²) in [4.78, 5) is 6.70. The number of rotatable bonds is 7. The largest absolute Gasteiger partial charge is 0.387 e. The van der Waals surface area contributed by atoms with Crippen LogP contribution in [0.3, 0.4) is 0 Å². The summed E-state index contributed by atoms with van der Waals surface area (Å²) in [6, 6.07) is 0. The van der Waals surface area contributed by atoms with Crippen molar-refractivity contribution in [3.05, 3.63) is 0 Å². The normalized spacial score (nSPS) is 19.5. The smallest absolute Gasteiger partial charge is 0.191 e. The minimum atomic E-state index is -0.814. The van der Waals surface area contributed by atoms with Crippen LogP contribution in [0.1, 0.15) is 27.2 Å². The van der Waals surface area contributed by atoms with E-state index in [0.29, 0.717) is 13.1 Å². The van der Waals surface area contributed by atoms with Gasteiger partial charge in [-0.3, -0.25) is 9.89 Å². The Morgan fingerprint density at radius 1 is 1.29 bits per heavy atom. The third-order valence-corrected chi connectivity index (χ3v) is 3.13. The average Bonchev–Trinajstić information content (AvgIpc) is 2.42. The third kappa shape index (κ3) is 9.49. The minimum Gasteiger partial charge on any atom is -0.387 e. The predicted octanol–water partition coefficient (Wildman–Crippen LogP) is 0.653. The number of ether oxygens (including phenoxy) is 1. The predicted molar refractivity (Wildman–Crippen MR) is 97.6 cm³/mol. The Morgan fingerprint density at radius 3 is 2.52 bits per heavy atom. The van der Waals surface area contributed by atoms with Crippen LogP contribution in [0.5, 0.6) is 0 Å². The Bertz CT molecular complexity index is 295. The van der Waals surface area contributed by atoms with Crippen molar-refractivity contribution < 1.29 is 9.84 Å². The molecule has 0 radical (unpaired) electrons. The molecule has 7 heteroatoms. The van der Waals surface area contributed by atoms with Crippen LogP contribution < -0.4 is 10.6 Å². The number of halogens is 1. The molecule has 0 bridgehead atoms. The van der Waals surface area contributed by atoms with Crippen molar-refractivity contribution in [3.8, 4) is 0 Å². The van der Waals surface area contributed by atoms with Gasteiger partial charge in [-0.05, 0) is 20.3 Å². The maximum Gasteiger partial charge on any atom is 0.191 e. The highest BCUT2D eigenvalue weighted by molar-refractivity contribution is 14.0. The van der Waals surface area contributed by atoms with Gasteiger partial charge in [0.1, 0.15) is 0 Å².